The van der Waals surface area contributed by atoms with Crippen LogP contribution in [0.3, 0.4) is 0 Å². The number of rotatable bonds is 13. The second kappa shape index (κ2) is 11.3. The molecule has 0 saturated heterocycles. The Bertz CT molecular complexity index is 831. The molecule has 0 aliphatic rings. The largest absolute Gasteiger partial charge is 0.489 e. The van der Waals surface area contributed by atoms with Crippen molar-refractivity contribution in [2.75, 3.05) is 13.2 Å². The zero-order valence-corrected chi connectivity index (χ0v) is 16.8. The van der Waals surface area contributed by atoms with E-state index in [4.69, 9.17) is 9.47 Å². The Morgan fingerprint density at radius 2 is 1.54 bits per heavy atom. The summed E-state index contributed by atoms with van der Waals surface area (Å²) in [5, 5.41) is 11.7. The Kier molecular flexibility index (Phi) is 8.78. The fraction of sp³-hybridized carbons (Fsp3) is 0.571. The van der Waals surface area contributed by atoms with Crippen LogP contribution in [0.15, 0.2) is 23.0 Å². The van der Waals surface area contributed by atoms with E-state index in [1.807, 2.05) is 0 Å². The molecule has 1 heterocycles. The number of aromatic nitrogens is 1. The maximum absolute atomic E-state index is 12.6. The highest BCUT2D eigenvalue weighted by Gasteiger charge is 2.18. The number of nitro benzene ring substituents is 1. The summed E-state index contributed by atoms with van der Waals surface area (Å²) in [6, 6.07) is 4.37. The topological polar surface area (TPSA) is 94.5 Å². The van der Waals surface area contributed by atoms with Gasteiger partial charge < -0.3 is 14.5 Å². The Hall–Kier alpha value is -2.57. The number of benzene rings is 1. The molecule has 154 valence electrons. The van der Waals surface area contributed by atoms with E-state index in [0.717, 1.165) is 51.4 Å². The third-order valence-electron chi connectivity index (χ3n) is 4.61. The van der Waals surface area contributed by atoms with E-state index in [0.29, 0.717) is 29.9 Å². The van der Waals surface area contributed by atoms with Crippen LogP contribution >= 0.6 is 0 Å². The summed E-state index contributed by atoms with van der Waals surface area (Å²) in [4.78, 5) is 25.8. The fourth-order valence-corrected chi connectivity index (χ4v) is 3.03. The van der Waals surface area contributed by atoms with Crippen LogP contribution in [0, 0.1) is 10.1 Å². The van der Waals surface area contributed by atoms with Crippen LogP contribution in [0.25, 0.3) is 10.9 Å². The Labute approximate surface area is 165 Å². The van der Waals surface area contributed by atoms with Crippen molar-refractivity contribution in [3.05, 3.63) is 38.7 Å². The predicted molar refractivity (Wildman–Crippen MR) is 110 cm³/mol. The summed E-state index contributed by atoms with van der Waals surface area (Å²) in [5.41, 5.74) is -0.126. The minimum Gasteiger partial charge on any atom is -0.489 e. The van der Waals surface area contributed by atoms with Gasteiger partial charge in [0.05, 0.1) is 23.7 Å². The van der Waals surface area contributed by atoms with Crippen molar-refractivity contribution in [2.45, 2.75) is 65.2 Å². The van der Waals surface area contributed by atoms with Crippen LogP contribution in [0.2, 0.25) is 0 Å². The first-order chi connectivity index (χ1) is 13.6. The van der Waals surface area contributed by atoms with Gasteiger partial charge in [-0.25, -0.2) is 0 Å². The lowest BCUT2D eigenvalue weighted by Crippen LogP contribution is -2.15. The van der Waals surface area contributed by atoms with Gasteiger partial charge in [-0.2, -0.15) is 0 Å². The fourth-order valence-electron chi connectivity index (χ4n) is 3.03. The molecule has 0 atom stereocenters. The number of fused-ring (bicyclic) bond motifs is 1. The number of H-pyrrole nitrogens is 1. The van der Waals surface area contributed by atoms with Gasteiger partial charge >= 0.3 is 0 Å². The monoisotopic (exact) mass is 390 g/mol. The van der Waals surface area contributed by atoms with E-state index in [-0.39, 0.29) is 11.4 Å². The molecule has 0 spiro atoms. The van der Waals surface area contributed by atoms with Gasteiger partial charge in [-0.3, -0.25) is 14.9 Å². The molecule has 1 N–H and O–H groups in total. The smallest absolute Gasteiger partial charge is 0.294 e. The first kappa shape index (κ1) is 21.7. The van der Waals surface area contributed by atoms with Crippen molar-refractivity contribution in [1.29, 1.82) is 0 Å². The average Bonchev–Trinajstić information content (AvgIpc) is 2.68. The van der Waals surface area contributed by atoms with Gasteiger partial charge in [0.1, 0.15) is 0 Å². The summed E-state index contributed by atoms with van der Waals surface area (Å²) in [5.74, 6) is 0.536. The number of hydrogen-bond donors (Lipinski definition) is 1. The van der Waals surface area contributed by atoms with Gasteiger partial charge in [0.25, 0.3) is 11.2 Å². The SMILES string of the molecule is CCCCCCOc1c(OCCCCCC)c2ccc([N+](=O)[O-])cc2[nH]c1=O. The van der Waals surface area contributed by atoms with Crippen molar-refractivity contribution in [3.8, 4) is 11.5 Å². The maximum Gasteiger partial charge on any atom is 0.294 e. The van der Waals surface area contributed by atoms with Gasteiger partial charge in [-0.05, 0) is 18.9 Å². The molecule has 0 unspecified atom stereocenters. The van der Waals surface area contributed by atoms with Gasteiger partial charge in [0.15, 0.2) is 5.75 Å². The number of aromatic amines is 1. The van der Waals surface area contributed by atoms with E-state index in [1.54, 1.807) is 6.07 Å². The molecular weight excluding hydrogens is 360 g/mol. The minimum absolute atomic E-state index is 0.0784. The molecule has 1 aromatic heterocycles. The summed E-state index contributed by atoms with van der Waals surface area (Å²) >= 11 is 0. The highest BCUT2D eigenvalue weighted by atomic mass is 16.6. The molecular formula is C21H30N2O5. The highest BCUT2D eigenvalue weighted by Crippen LogP contribution is 2.33. The molecule has 7 nitrogen and oxygen atoms in total. The van der Waals surface area contributed by atoms with Crippen molar-refractivity contribution < 1.29 is 14.4 Å². The standard InChI is InChI=1S/C21H30N2O5/c1-3-5-7-9-13-27-19-17-12-11-16(23(25)26)15-18(17)22-21(24)20(19)28-14-10-8-6-4-2/h11-12,15H,3-10,13-14H2,1-2H3,(H,22,24). The predicted octanol–water partition coefficient (Wildman–Crippen LogP) is 5.35. The Morgan fingerprint density at radius 3 is 2.11 bits per heavy atom. The van der Waals surface area contributed by atoms with Crippen molar-refractivity contribution in [2.24, 2.45) is 0 Å². The van der Waals surface area contributed by atoms with E-state index >= 15 is 0 Å². The minimum atomic E-state index is -0.485. The van der Waals surface area contributed by atoms with Crippen LogP contribution < -0.4 is 15.0 Å². The molecule has 1 aromatic carbocycles. The normalized spacial score (nSPS) is 10.9. The maximum atomic E-state index is 12.6. The lowest BCUT2D eigenvalue weighted by molar-refractivity contribution is -0.384. The molecule has 0 saturated carbocycles. The quantitative estimate of drug-likeness (QED) is 0.282. The molecule has 2 rings (SSSR count). The molecule has 7 heteroatoms. The number of ether oxygens (including phenoxy) is 2. The number of nitrogens with one attached hydrogen (secondary N) is 1. The lowest BCUT2D eigenvalue weighted by Gasteiger charge is -2.14. The summed E-state index contributed by atoms with van der Waals surface area (Å²) in [7, 11) is 0. The van der Waals surface area contributed by atoms with E-state index in [2.05, 4.69) is 18.8 Å². The van der Waals surface area contributed by atoms with Crippen LogP contribution in [-0.2, 0) is 0 Å². The van der Waals surface area contributed by atoms with Gasteiger partial charge in [-0.15, -0.1) is 0 Å². The number of unbranched alkanes of at least 4 members (excludes halogenated alkanes) is 6. The second-order valence-corrected chi connectivity index (χ2v) is 6.92. The molecule has 0 amide bonds. The first-order valence-electron chi connectivity index (χ1n) is 10.2. The molecule has 28 heavy (non-hydrogen) atoms. The Balaban J connectivity index is 2.28. The third-order valence-corrected chi connectivity index (χ3v) is 4.61. The van der Waals surface area contributed by atoms with E-state index in [1.165, 1.54) is 12.1 Å². The average molecular weight is 390 g/mol. The Morgan fingerprint density at radius 1 is 0.929 bits per heavy atom. The van der Waals surface area contributed by atoms with Crippen LogP contribution in [-0.4, -0.2) is 23.1 Å². The molecule has 0 fully saturated rings. The van der Waals surface area contributed by atoms with Crippen molar-refractivity contribution in [3.63, 3.8) is 0 Å². The molecule has 0 aliphatic heterocycles. The summed E-state index contributed by atoms with van der Waals surface area (Å²) in [6.45, 7) is 5.19. The van der Waals surface area contributed by atoms with Gasteiger partial charge in [-0.1, -0.05) is 52.4 Å². The van der Waals surface area contributed by atoms with Gasteiger partial charge in [0, 0.05) is 17.5 Å². The van der Waals surface area contributed by atoms with Crippen LogP contribution in [0.1, 0.15) is 65.2 Å². The molecule has 2 aromatic rings. The highest BCUT2D eigenvalue weighted by molar-refractivity contribution is 5.88. The van der Waals surface area contributed by atoms with Crippen molar-refractivity contribution >= 4 is 16.6 Å². The zero-order chi connectivity index (χ0) is 20.4. The van der Waals surface area contributed by atoms with E-state index in [9.17, 15) is 14.9 Å². The molecule has 0 aliphatic carbocycles. The second-order valence-electron chi connectivity index (χ2n) is 6.92. The number of pyridine rings is 1. The number of nitrogens with zero attached hydrogens (tertiary/aromatic N) is 1. The number of hydrogen-bond acceptors (Lipinski definition) is 5. The zero-order valence-electron chi connectivity index (χ0n) is 16.8. The lowest BCUT2D eigenvalue weighted by atomic mass is 10.1. The number of non-ortho nitro benzene ring substituents is 1. The van der Waals surface area contributed by atoms with Crippen LogP contribution in [0.5, 0.6) is 11.5 Å². The van der Waals surface area contributed by atoms with Gasteiger partial charge in [0.2, 0.25) is 5.75 Å². The first-order valence-corrected chi connectivity index (χ1v) is 10.2. The molecule has 0 bridgehead atoms. The summed E-state index contributed by atoms with van der Waals surface area (Å²) < 4.78 is 11.7. The van der Waals surface area contributed by atoms with E-state index < -0.39 is 10.5 Å². The number of nitro groups is 1. The van der Waals surface area contributed by atoms with Crippen molar-refractivity contribution in [1.82, 2.24) is 4.98 Å². The third kappa shape index (κ3) is 5.97. The molecule has 0 radical (unpaired) electrons. The summed E-state index contributed by atoms with van der Waals surface area (Å²) in [6.07, 6.45) is 8.35. The van der Waals surface area contributed by atoms with Crippen LogP contribution in [0.4, 0.5) is 5.69 Å².